The summed E-state index contributed by atoms with van der Waals surface area (Å²) < 4.78 is 16.3. The van der Waals surface area contributed by atoms with E-state index >= 15 is 0 Å². The Balaban J connectivity index is 1.60. The van der Waals surface area contributed by atoms with E-state index in [1.165, 1.54) is 12.1 Å². The molecule has 0 spiro atoms. The van der Waals surface area contributed by atoms with E-state index < -0.39 is 11.0 Å². The zero-order valence-corrected chi connectivity index (χ0v) is 19.6. The second kappa shape index (κ2) is 12.0. The summed E-state index contributed by atoms with van der Waals surface area (Å²) in [4.78, 5) is 11.1. The van der Waals surface area contributed by atoms with Gasteiger partial charge in [0, 0.05) is 18.7 Å². The molecule has 0 amide bonds. The van der Waals surface area contributed by atoms with Crippen molar-refractivity contribution in [1.82, 2.24) is 5.32 Å². The van der Waals surface area contributed by atoms with Crippen molar-refractivity contribution < 1.29 is 24.2 Å². The summed E-state index contributed by atoms with van der Waals surface area (Å²) in [5, 5.41) is 25.5. The minimum Gasteiger partial charge on any atom is -0.493 e. The molecule has 8 nitrogen and oxygen atoms in total. The lowest BCUT2D eigenvalue weighted by Gasteiger charge is -2.18. The molecule has 2 N–H and O–H groups in total. The van der Waals surface area contributed by atoms with E-state index in [-0.39, 0.29) is 30.6 Å². The lowest BCUT2D eigenvalue weighted by atomic mass is 10.0. The molecule has 2 atom stereocenters. The number of hydrogen-bond donors (Lipinski definition) is 2. The van der Waals surface area contributed by atoms with E-state index in [1.54, 1.807) is 20.3 Å². The Bertz CT molecular complexity index is 1090. The molecule has 8 heteroatoms. The van der Waals surface area contributed by atoms with Gasteiger partial charge in [0.1, 0.15) is 6.61 Å². The number of nitrogens with zero attached hydrogens (tertiary/aromatic N) is 1. The van der Waals surface area contributed by atoms with Crippen LogP contribution in [-0.4, -0.2) is 36.8 Å². The van der Waals surface area contributed by atoms with E-state index in [0.717, 1.165) is 11.1 Å². The third-order valence-electron chi connectivity index (χ3n) is 5.45. The Morgan fingerprint density at radius 3 is 2.32 bits per heavy atom. The van der Waals surface area contributed by atoms with Gasteiger partial charge in [-0.3, -0.25) is 10.1 Å². The summed E-state index contributed by atoms with van der Waals surface area (Å²) in [5.41, 5.74) is 2.24. The monoisotopic (exact) mass is 466 g/mol. The third-order valence-corrected chi connectivity index (χ3v) is 5.45. The van der Waals surface area contributed by atoms with Crippen molar-refractivity contribution in [1.29, 1.82) is 0 Å². The lowest BCUT2D eigenvalue weighted by molar-refractivity contribution is -0.386. The first kappa shape index (κ1) is 25.0. The first-order chi connectivity index (χ1) is 16.4. The molecule has 3 aromatic carbocycles. The fourth-order valence-corrected chi connectivity index (χ4v) is 3.61. The van der Waals surface area contributed by atoms with Gasteiger partial charge in [0.25, 0.3) is 0 Å². The quantitative estimate of drug-likeness (QED) is 0.300. The number of aliphatic hydroxyl groups excluding tert-OH is 1. The zero-order chi connectivity index (χ0) is 24.5. The average Bonchev–Trinajstić information content (AvgIpc) is 2.86. The molecule has 0 aromatic heterocycles. The Kier molecular flexibility index (Phi) is 8.84. The molecule has 0 aliphatic carbocycles. The van der Waals surface area contributed by atoms with Gasteiger partial charge in [-0.05, 0) is 48.2 Å². The number of rotatable bonds is 12. The van der Waals surface area contributed by atoms with Gasteiger partial charge < -0.3 is 24.6 Å². The molecule has 0 heterocycles. The molecule has 0 saturated carbocycles. The zero-order valence-electron chi connectivity index (χ0n) is 19.6. The minimum atomic E-state index is -0.908. The van der Waals surface area contributed by atoms with Crippen LogP contribution in [0, 0.1) is 10.1 Å². The molecule has 3 aromatic rings. The van der Waals surface area contributed by atoms with Crippen LogP contribution in [0.15, 0.2) is 66.7 Å². The summed E-state index contributed by atoms with van der Waals surface area (Å²) in [7, 11) is 3.19. The Labute approximate surface area is 199 Å². The number of benzene rings is 3. The van der Waals surface area contributed by atoms with Crippen molar-refractivity contribution in [2.45, 2.75) is 32.1 Å². The maximum Gasteiger partial charge on any atom is 0.311 e. The molecule has 34 heavy (non-hydrogen) atoms. The number of nitro groups is 1. The first-order valence-electron chi connectivity index (χ1n) is 11.0. The third kappa shape index (κ3) is 6.69. The largest absolute Gasteiger partial charge is 0.493 e. The molecule has 0 bridgehead atoms. The van der Waals surface area contributed by atoms with Gasteiger partial charge in [0.15, 0.2) is 17.2 Å². The molecular formula is C26H30N2O6. The van der Waals surface area contributed by atoms with Crippen LogP contribution >= 0.6 is 0 Å². The van der Waals surface area contributed by atoms with Crippen LogP contribution in [0.25, 0.3) is 0 Å². The van der Waals surface area contributed by atoms with Crippen molar-refractivity contribution in [3.8, 4) is 17.2 Å². The van der Waals surface area contributed by atoms with Crippen molar-refractivity contribution in [3.05, 3.63) is 93.5 Å². The molecule has 0 aliphatic rings. The maximum atomic E-state index is 11.6. The molecular weight excluding hydrogens is 436 g/mol. The number of nitrogens with one attached hydrogen (secondary N) is 1. The van der Waals surface area contributed by atoms with Crippen LogP contribution in [0.5, 0.6) is 17.2 Å². The van der Waals surface area contributed by atoms with E-state index in [2.05, 4.69) is 5.32 Å². The molecule has 0 aliphatic heterocycles. The highest BCUT2D eigenvalue weighted by atomic mass is 16.6. The highest BCUT2D eigenvalue weighted by Crippen LogP contribution is 2.31. The summed E-state index contributed by atoms with van der Waals surface area (Å²) in [6.07, 6.45) is -0.200. The molecule has 0 fully saturated rings. The van der Waals surface area contributed by atoms with Crippen LogP contribution in [0.4, 0.5) is 5.69 Å². The number of aliphatic hydroxyl groups is 1. The van der Waals surface area contributed by atoms with Gasteiger partial charge in [-0.15, -0.1) is 0 Å². The van der Waals surface area contributed by atoms with Crippen molar-refractivity contribution in [2.75, 3.05) is 20.8 Å². The van der Waals surface area contributed by atoms with Crippen molar-refractivity contribution in [2.24, 2.45) is 0 Å². The SMILES string of the molecule is COc1ccc(CC(C)NCC(O)c2ccc(OCc3ccccc3)c([N+](=O)[O-])c2)cc1OC. The second-order valence-corrected chi connectivity index (χ2v) is 7.98. The van der Waals surface area contributed by atoms with E-state index in [9.17, 15) is 15.2 Å². The number of methoxy groups -OCH3 is 2. The lowest BCUT2D eigenvalue weighted by Crippen LogP contribution is -2.32. The maximum absolute atomic E-state index is 11.6. The van der Waals surface area contributed by atoms with Crippen LogP contribution in [0.1, 0.15) is 29.7 Å². The highest BCUT2D eigenvalue weighted by Gasteiger charge is 2.20. The Morgan fingerprint density at radius 1 is 0.941 bits per heavy atom. The van der Waals surface area contributed by atoms with Gasteiger partial charge in [-0.25, -0.2) is 0 Å². The normalized spacial score (nSPS) is 12.6. The standard InChI is InChI=1S/C26H30N2O6/c1-18(13-20-9-11-25(32-2)26(14-20)33-3)27-16-23(29)21-10-12-24(22(15-21)28(30)31)34-17-19-7-5-4-6-8-19/h4-12,14-15,18,23,27,29H,13,16-17H2,1-3H3. The number of ether oxygens (including phenoxy) is 3. The average molecular weight is 467 g/mol. The highest BCUT2D eigenvalue weighted by molar-refractivity contribution is 5.49. The van der Waals surface area contributed by atoms with Crippen molar-refractivity contribution in [3.63, 3.8) is 0 Å². The van der Waals surface area contributed by atoms with Gasteiger partial charge >= 0.3 is 5.69 Å². The molecule has 3 rings (SSSR count). The molecule has 0 radical (unpaired) electrons. The predicted molar refractivity (Wildman–Crippen MR) is 130 cm³/mol. The van der Waals surface area contributed by atoms with Crippen LogP contribution in [-0.2, 0) is 13.0 Å². The molecule has 180 valence electrons. The first-order valence-corrected chi connectivity index (χ1v) is 11.0. The van der Waals surface area contributed by atoms with E-state index in [4.69, 9.17) is 14.2 Å². The predicted octanol–water partition coefficient (Wildman–Crippen LogP) is 4.45. The fraction of sp³-hybridized carbons (Fsp3) is 0.308. The van der Waals surface area contributed by atoms with E-state index in [1.807, 2.05) is 55.5 Å². The number of nitro benzene ring substituents is 1. The van der Waals surface area contributed by atoms with E-state index in [0.29, 0.717) is 23.5 Å². The topological polar surface area (TPSA) is 103 Å². The van der Waals surface area contributed by atoms with Crippen LogP contribution in [0.2, 0.25) is 0 Å². The Hall–Kier alpha value is -3.62. The Morgan fingerprint density at radius 2 is 1.65 bits per heavy atom. The smallest absolute Gasteiger partial charge is 0.311 e. The number of hydrogen-bond acceptors (Lipinski definition) is 7. The second-order valence-electron chi connectivity index (χ2n) is 7.98. The van der Waals surface area contributed by atoms with Gasteiger partial charge in [-0.2, -0.15) is 0 Å². The molecule has 0 saturated heterocycles. The summed E-state index contributed by atoms with van der Waals surface area (Å²) in [6, 6.07) is 19.8. The summed E-state index contributed by atoms with van der Waals surface area (Å²) in [5.74, 6) is 1.49. The van der Waals surface area contributed by atoms with Gasteiger partial charge in [-0.1, -0.05) is 42.5 Å². The fourth-order valence-electron chi connectivity index (χ4n) is 3.61. The minimum absolute atomic E-state index is 0.0521. The molecule has 2 unspecified atom stereocenters. The summed E-state index contributed by atoms with van der Waals surface area (Å²) in [6.45, 7) is 2.47. The van der Waals surface area contributed by atoms with Crippen molar-refractivity contribution >= 4 is 5.69 Å². The van der Waals surface area contributed by atoms with Crippen LogP contribution < -0.4 is 19.5 Å². The summed E-state index contributed by atoms with van der Waals surface area (Å²) >= 11 is 0. The van der Waals surface area contributed by atoms with Crippen LogP contribution in [0.3, 0.4) is 0 Å². The van der Waals surface area contributed by atoms with Gasteiger partial charge in [0.05, 0.1) is 25.2 Å². The van der Waals surface area contributed by atoms with Gasteiger partial charge in [0.2, 0.25) is 0 Å².